The molecule has 1 saturated carbocycles. The monoisotopic (exact) mass is 280 g/mol. The van der Waals surface area contributed by atoms with Crippen molar-refractivity contribution in [3.8, 4) is 5.75 Å². The largest absolute Gasteiger partial charge is 0.489 e. The molecule has 2 aromatic rings. The number of aryl methyl sites for hydroxylation is 1. The van der Waals surface area contributed by atoms with E-state index in [1.807, 2.05) is 31.2 Å². The molecule has 1 aliphatic carbocycles. The second-order valence-electron chi connectivity index (χ2n) is 5.85. The molecule has 0 N–H and O–H groups in total. The molecular weight excluding hydrogens is 260 g/mol. The van der Waals surface area contributed by atoms with Gasteiger partial charge in [0.15, 0.2) is 0 Å². The maximum absolute atomic E-state index is 11.3. The van der Waals surface area contributed by atoms with E-state index in [1.54, 1.807) is 0 Å². The zero-order chi connectivity index (χ0) is 14.8. The molecule has 2 unspecified atom stereocenters. The minimum absolute atomic E-state index is 0.170. The quantitative estimate of drug-likeness (QED) is 0.836. The van der Waals surface area contributed by atoms with Gasteiger partial charge in [-0.1, -0.05) is 43.3 Å². The van der Waals surface area contributed by atoms with Crippen molar-refractivity contribution in [2.75, 3.05) is 0 Å². The molecule has 0 bridgehead atoms. The van der Waals surface area contributed by atoms with Crippen LogP contribution in [-0.2, 0) is 11.4 Å². The molecule has 0 aliphatic heterocycles. The van der Waals surface area contributed by atoms with Crippen molar-refractivity contribution in [1.29, 1.82) is 0 Å². The van der Waals surface area contributed by atoms with Crippen LogP contribution in [0.25, 0.3) is 0 Å². The number of Topliss-reactive ketones (excluding diaryl/α,β-unsaturated/α-hetero) is 1. The van der Waals surface area contributed by atoms with Gasteiger partial charge in [0.05, 0.1) is 0 Å². The van der Waals surface area contributed by atoms with Crippen LogP contribution in [-0.4, -0.2) is 5.78 Å². The van der Waals surface area contributed by atoms with Crippen LogP contribution in [0.3, 0.4) is 0 Å². The summed E-state index contributed by atoms with van der Waals surface area (Å²) in [4.78, 5) is 11.3. The smallest absolute Gasteiger partial charge is 0.136 e. The van der Waals surface area contributed by atoms with Gasteiger partial charge in [-0.15, -0.1) is 0 Å². The highest BCUT2D eigenvalue weighted by Gasteiger charge is 2.36. The average Bonchev–Trinajstić information content (AvgIpc) is 2.52. The van der Waals surface area contributed by atoms with Crippen molar-refractivity contribution in [3.63, 3.8) is 0 Å². The lowest BCUT2D eigenvalue weighted by Crippen LogP contribution is -2.32. The summed E-state index contributed by atoms with van der Waals surface area (Å²) < 4.78 is 5.84. The lowest BCUT2D eigenvalue weighted by Gasteiger charge is -2.32. The summed E-state index contributed by atoms with van der Waals surface area (Å²) in [6.07, 6.45) is 0.685. The number of rotatable bonds is 4. The second kappa shape index (κ2) is 5.72. The minimum atomic E-state index is 0.170. The highest BCUT2D eigenvalue weighted by atomic mass is 16.5. The van der Waals surface area contributed by atoms with Crippen LogP contribution in [0.2, 0.25) is 0 Å². The number of carbonyl (C=O) groups is 1. The van der Waals surface area contributed by atoms with E-state index in [2.05, 4.69) is 31.2 Å². The van der Waals surface area contributed by atoms with Gasteiger partial charge in [-0.3, -0.25) is 4.79 Å². The summed E-state index contributed by atoms with van der Waals surface area (Å²) in [5.74, 6) is 1.81. The van der Waals surface area contributed by atoms with Gasteiger partial charge in [0.2, 0.25) is 0 Å². The second-order valence-corrected chi connectivity index (χ2v) is 5.85. The average molecular weight is 280 g/mol. The first-order valence-electron chi connectivity index (χ1n) is 7.45. The molecule has 0 radical (unpaired) electrons. The van der Waals surface area contributed by atoms with E-state index in [1.165, 1.54) is 16.7 Å². The molecule has 0 spiro atoms. The van der Waals surface area contributed by atoms with Crippen molar-refractivity contribution in [2.45, 2.75) is 32.8 Å². The van der Waals surface area contributed by atoms with Crippen molar-refractivity contribution >= 4 is 5.78 Å². The molecule has 0 aromatic heterocycles. The Kier molecular flexibility index (Phi) is 3.78. The number of hydrogen-bond acceptors (Lipinski definition) is 2. The number of hydrogen-bond donors (Lipinski definition) is 0. The minimum Gasteiger partial charge on any atom is -0.489 e. The number of carbonyl (C=O) groups excluding carboxylic acids is 1. The van der Waals surface area contributed by atoms with Crippen LogP contribution in [0, 0.1) is 12.8 Å². The fourth-order valence-corrected chi connectivity index (χ4v) is 2.79. The molecule has 108 valence electrons. The van der Waals surface area contributed by atoms with E-state index in [0.29, 0.717) is 24.7 Å². The Balaban J connectivity index is 1.63. The van der Waals surface area contributed by atoms with E-state index in [9.17, 15) is 4.79 Å². The first-order valence-corrected chi connectivity index (χ1v) is 7.45. The van der Waals surface area contributed by atoms with Crippen molar-refractivity contribution in [3.05, 3.63) is 65.2 Å². The Hall–Kier alpha value is -2.09. The van der Waals surface area contributed by atoms with E-state index in [-0.39, 0.29) is 5.92 Å². The molecule has 2 nitrogen and oxygen atoms in total. The van der Waals surface area contributed by atoms with Crippen LogP contribution in [0.15, 0.2) is 48.5 Å². The van der Waals surface area contributed by atoms with E-state index in [4.69, 9.17) is 4.74 Å². The maximum Gasteiger partial charge on any atom is 0.136 e. The Bertz CT molecular complexity index is 643. The number of ketones is 1. The standard InChI is InChI=1S/C19H20O2/c1-13-5-3-4-6-16(13)12-21-17-9-7-15(8-10-17)18-11-19(20)14(18)2/h3-10,14,18H,11-12H2,1-2H3. The van der Waals surface area contributed by atoms with Gasteiger partial charge < -0.3 is 4.74 Å². The van der Waals surface area contributed by atoms with Gasteiger partial charge in [-0.25, -0.2) is 0 Å². The Morgan fingerprint density at radius 2 is 1.81 bits per heavy atom. The highest BCUT2D eigenvalue weighted by Crippen LogP contribution is 2.39. The highest BCUT2D eigenvalue weighted by molar-refractivity contribution is 5.88. The maximum atomic E-state index is 11.3. The SMILES string of the molecule is Cc1ccccc1COc1ccc(C2CC(=O)C2C)cc1. The van der Waals surface area contributed by atoms with E-state index in [0.717, 1.165) is 5.75 Å². The first kappa shape index (κ1) is 13.9. The zero-order valence-corrected chi connectivity index (χ0v) is 12.5. The van der Waals surface area contributed by atoms with Crippen molar-refractivity contribution in [1.82, 2.24) is 0 Å². The Morgan fingerprint density at radius 3 is 2.43 bits per heavy atom. The third-order valence-electron chi connectivity index (χ3n) is 4.50. The third kappa shape index (κ3) is 2.85. The molecule has 1 fully saturated rings. The first-order chi connectivity index (χ1) is 10.1. The molecule has 0 amide bonds. The van der Waals surface area contributed by atoms with Crippen LogP contribution in [0.5, 0.6) is 5.75 Å². The molecule has 0 saturated heterocycles. The lowest BCUT2D eigenvalue weighted by molar-refractivity contribution is -0.130. The molecule has 21 heavy (non-hydrogen) atoms. The van der Waals surface area contributed by atoms with E-state index < -0.39 is 0 Å². The lowest BCUT2D eigenvalue weighted by atomic mass is 9.70. The number of ether oxygens (including phenoxy) is 1. The van der Waals surface area contributed by atoms with Gasteiger partial charge in [-0.05, 0) is 35.7 Å². The molecule has 2 aromatic carbocycles. The van der Waals surface area contributed by atoms with E-state index >= 15 is 0 Å². The topological polar surface area (TPSA) is 26.3 Å². The fourth-order valence-electron chi connectivity index (χ4n) is 2.79. The Labute approximate surface area is 125 Å². The van der Waals surface area contributed by atoms with Crippen LogP contribution in [0.4, 0.5) is 0 Å². The molecule has 1 aliphatic rings. The van der Waals surface area contributed by atoms with Crippen LogP contribution < -0.4 is 4.74 Å². The number of benzene rings is 2. The fraction of sp³-hybridized carbons (Fsp3) is 0.316. The van der Waals surface area contributed by atoms with Crippen LogP contribution in [0.1, 0.15) is 36.0 Å². The summed E-state index contributed by atoms with van der Waals surface area (Å²) in [5, 5.41) is 0. The summed E-state index contributed by atoms with van der Waals surface area (Å²) in [6, 6.07) is 16.4. The van der Waals surface area contributed by atoms with Gasteiger partial charge in [0, 0.05) is 18.3 Å². The Morgan fingerprint density at radius 1 is 1.10 bits per heavy atom. The van der Waals surface area contributed by atoms with Gasteiger partial charge in [0.1, 0.15) is 18.1 Å². The molecule has 2 atom stereocenters. The third-order valence-corrected chi connectivity index (χ3v) is 4.50. The molecule has 0 heterocycles. The summed E-state index contributed by atoms with van der Waals surface area (Å²) in [6.45, 7) is 4.69. The summed E-state index contributed by atoms with van der Waals surface area (Å²) in [7, 11) is 0. The summed E-state index contributed by atoms with van der Waals surface area (Å²) in [5.41, 5.74) is 3.70. The summed E-state index contributed by atoms with van der Waals surface area (Å²) >= 11 is 0. The molecule has 3 rings (SSSR count). The van der Waals surface area contributed by atoms with Crippen molar-refractivity contribution in [2.24, 2.45) is 5.92 Å². The van der Waals surface area contributed by atoms with Gasteiger partial charge in [0.25, 0.3) is 0 Å². The van der Waals surface area contributed by atoms with Crippen LogP contribution >= 0.6 is 0 Å². The normalized spacial score (nSPS) is 21.0. The predicted octanol–water partition coefficient (Wildman–Crippen LogP) is 4.27. The van der Waals surface area contributed by atoms with Crippen molar-refractivity contribution < 1.29 is 9.53 Å². The van der Waals surface area contributed by atoms with Gasteiger partial charge in [-0.2, -0.15) is 0 Å². The van der Waals surface area contributed by atoms with Gasteiger partial charge >= 0.3 is 0 Å². The predicted molar refractivity (Wildman–Crippen MR) is 83.5 cm³/mol. The molecular formula is C19H20O2. The molecule has 2 heteroatoms. The zero-order valence-electron chi connectivity index (χ0n) is 12.5.